The van der Waals surface area contributed by atoms with E-state index in [2.05, 4.69) is 11.1 Å². The van der Waals surface area contributed by atoms with Crippen LogP contribution in [0.15, 0.2) is 18.3 Å². The number of hydrogen-bond acceptors (Lipinski definition) is 2. The summed E-state index contributed by atoms with van der Waals surface area (Å²) in [5, 5.41) is 9.09. The predicted molar refractivity (Wildman–Crippen MR) is 59.1 cm³/mol. The van der Waals surface area contributed by atoms with Crippen LogP contribution in [0.1, 0.15) is 36.4 Å². The van der Waals surface area contributed by atoms with Crippen molar-refractivity contribution < 1.29 is 9.90 Å². The molecule has 0 bridgehead atoms. The largest absolute Gasteiger partial charge is 0.481 e. The van der Waals surface area contributed by atoms with Crippen molar-refractivity contribution in [3.63, 3.8) is 0 Å². The number of carboxylic acid groups (broad SMARTS) is 1. The Labute approximate surface area is 94.5 Å². The highest BCUT2D eigenvalue weighted by molar-refractivity contribution is 5.71. The average Bonchev–Trinajstić information content (AvgIpc) is 2.60. The summed E-state index contributed by atoms with van der Waals surface area (Å²) >= 11 is 0. The lowest BCUT2D eigenvalue weighted by atomic mass is 9.66. The number of hydrogen-bond donors (Lipinski definition) is 1. The fourth-order valence-corrected chi connectivity index (χ4v) is 3.17. The monoisotopic (exact) mass is 217 g/mol. The predicted octanol–water partition coefficient (Wildman–Crippen LogP) is 2.22. The highest BCUT2D eigenvalue weighted by Crippen LogP contribution is 2.49. The second kappa shape index (κ2) is 3.58. The highest BCUT2D eigenvalue weighted by atomic mass is 16.4. The van der Waals surface area contributed by atoms with Gasteiger partial charge in [-0.05, 0) is 43.2 Å². The third kappa shape index (κ3) is 1.34. The first-order valence-electron chi connectivity index (χ1n) is 5.94. The fraction of sp³-hybridized carbons (Fsp3) is 0.538. The Morgan fingerprint density at radius 2 is 2.25 bits per heavy atom. The van der Waals surface area contributed by atoms with Gasteiger partial charge in [0.2, 0.25) is 0 Å². The first kappa shape index (κ1) is 9.82. The SMILES string of the molecule is O=C(O)C1CCC1C1CCc2cccnc21. The molecule has 0 spiro atoms. The van der Waals surface area contributed by atoms with Gasteiger partial charge in [0.25, 0.3) is 0 Å². The Morgan fingerprint density at radius 1 is 1.38 bits per heavy atom. The Bertz CT molecular complexity index is 430. The van der Waals surface area contributed by atoms with Crippen molar-refractivity contribution in [3.05, 3.63) is 29.6 Å². The number of carboxylic acids is 1. The molecule has 3 atom stereocenters. The summed E-state index contributed by atoms with van der Waals surface area (Å²) in [4.78, 5) is 15.5. The molecule has 3 unspecified atom stereocenters. The Balaban J connectivity index is 1.85. The van der Waals surface area contributed by atoms with Crippen molar-refractivity contribution in [1.82, 2.24) is 4.98 Å². The second-order valence-corrected chi connectivity index (χ2v) is 4.88. The Morgan fingerprint density at radius 3 is 2.94 bits per heavy atom. The lowest BCUT2D eigenvalue weighted by Gasteiger charge is -2.37. The van der Waals surface area contributed by atoms with E-state index in [1.807, 2.05) is 12.3 Å². The van der Waals surface area contributed by atoms with Crippen LogP contribution in [-0.2, 0) is 11.2 Å². The minimum Gasteiger partial charge on any atom is -0.481 e. The van der Waals surface area contributed by atoms with Crippen molar-refractivity contribution in [2.45, 2.75) is 31.6 Å². The van der Waals surface area contributed by atoms with Crippen LogP contribution >= 0.6 is 0 Å². The van der Waals surface area contributed by atoms with Crippen LogP contribution in [0.3, 0.4) is 0 Å². The van der Waals surface area contributed by atoms with E-state index in [0.29, 0.717) is 11.8 Å². The molecule has 0 aromatic carbocycles. The van der Waals surface area contributed by atoms with Gasteiger partial charge in [0.05, 0.1) is 5.92 Å². The molecule has 3 nitrogen and oxygen atoms in total. The van der Waals surface area contributed by atoms with Crippen LogP contribution in [0.4, 0.5) is 0 Å². The molecular weight excluding hydrogens is 202 g/mol. The van der Waals surface area contributed by atoms with E-state index in [0.717, 1.165) is 25.7 Å². The summed E-state index contributed by atoms with van der Waals surface area (Å²) in [6.45, 7) is 0. The Kier molecular flexibility index (Phi) is 2.20. The summed E-state index contributed by atoms with van der Waals surface area (Å²) in [5.41, 5.74) is 2.49. The first-order valence-corrected chi connectivity index (χ1v) is 5.94. The summed E-state index contributed by atoms with van der Waals surface area (Å²) in [6, 6.07) is 4.09. The van der Waals surface area contributed by atoms with Gasteiger partial charge in [0.15, 0.2) is 0 Å². The van der Waals surface area contributed by atoms with E-state index in [1.54, 1.807) is 0 Å². The van der Waals surface area contributed by atoms with Gasteiger partial charge in [-0.25, -0.2) is 0 Å². The molecule has 1 aromatic heterocycles. The van der Waals surface area contributed by atoms with Gasteiger partial charge in [0, 0.05) is 17.8 Å². The van der Waals surface area contributed by atoms with Crippen molar-refractivity contribution >= 4 is 5.97 Å². The van der Waals surface area contributed by atoms with E-state index in [4.69, 9.17) is 5.11 Å². The summed E-state index contributed by atoms with van der Waals surface area (Å²) in [7, 11) is 0. The zero-order valence-corrected chi connectivity index (χ0v) is 9.10. The summed E-state index contributed by atoms with van der Waals surface area (Å²) in [5.74, 6) is -0.0294. The number of aliphatic carboxylic acids is 1. The summed E-state index contributed by atoms with van der Waals surface area (Å²) in [6.07, 6.45) is 5.87. The number of pyridine rings is 1. The number of aromatic nitrogens is 1. The van der Waals surface area contributed by atoms with Gasteiger partial charge in [-0.15, -0.1) is 0 Å². The van der Waals surface area contributed by atoms with Crippen molar-refractivity contribution in [2.75, 3.05) is 0 Å². The van der Waals surface area contributed by atoms with Crippen LogP contribution in [0.5, 0.6) is 0 Å². The quantitative estimate of drug-likeness (QED) is 0.826. The van der Waals surface area contributed by atoms with E-state index in [1.165, 1.54) is 11.3 Å². The molecule has 3 heteroatoms. The molecule has 16 heavy (non-hydrogen) atoms. The number of carbonyl (C=O) groups is 1. The third-order valence-electron chi connectivity index (χ3n) is 4.16. The third-order valence-corrected chi connectivity index (χ3v) is 4.16. The molecule has 84 valence electrons. The van der Waals surface area contributed by atoms with Crippen LogP contribution < -0.4 is 0 Å². The Hall–Kier alpha value is -1.38. The van der Waals surface area contributed by atoms with Crippen LogP contribution in [-0.4, -0.2) is 16.1 Å². The highest BCUT2D eigenvalue weighted by Gasteiger charge is 2.44. The molecule has 2 aliphatic carbocycles. The molecular formula is C13H15NO2. The maximum Gasteiger partial charge on any atom is 0.306 e. The lowest BCUT2D eigenvalue weighted by molar-refractivity contribution is -0.148. The van der Waals surface area contributed by atoms with Crippen LogP contribution in [0, 0.1) is 11.8 Å². The van der Waals surface area contributed by atoms with E-state index in [-0.39, 0.29) is 5.92 Å². The molecule has 3 rings (SSSR count). The van der Waals surface area contributed by atoms with Gasteiger partial charge >= 0.3 is 5.97 Å². The number of nitrogens with zero attached hydrogens (tertiary/aromatic N) is 1. The van der Waals surface area contributed by atoms with Crippen molar-refractivity contribution in [2.24, 2.45) is 11.8 Å². The molecule has 0 amide bonds. The van der Waals surface area contributed by atoms with Gasteiger partial charge in [0.1, 0.15) is 0 Å². The van der Waals surface area contributed by atoms with Gasteiger partial charge in [-0.2, -0.15) is 0 Å². The number of aryl methyl sites for hydroxylation is 1. The zero-order valence-electron chi connectivity index (χ0n) is 9.10. The van der Waals surface area contributed by atoms with Crippen LogP contribution in [0.25, 0.3) is 0 Å². The smallest absolute Gasteiger partial charge is 0.306 e. The second-order valence-electron chi connectivity index (χ2n) is 4.88. The minimum atomic E-state index is -0.624. The maximum absolute atomic E-state index is 11.0. The lowest BCUT2D eigenvalue weighted by Crippen LogP contribution is -2.36. The van der Waals surface area contributed by atoms with Crippen molar-refractivity contribution in [3.8, 4) is 0 Å². The van der Waals surface area contributed by atoms with E-state index >= 15 is 0 Å². The molecule has 0 radical (unpaired) electrons. The first-order chi connectivity index (χ1) is 7.77. The topological polar surface area (TPSA) is 50.2 Å². The molecule has 0 aliphatic heterocycles. The zero-order chi connectivity index (χ0) is 11.1. The van der Waals surface area contributed by atoms with Crippen LogP contribution in [0.2, 0.25) is 0 Å². The van der Waals surface area contributed by atoms with Crippen molar-refractivity contribution in [1.29, 1.82) is 0 Å². The van der Waals surface area contributed by atoms with Gasteiger partial charge in [-0.3, -0.25) is 9.78 Å². The maximum atomic E-state index is 11.0. The van der Waals surface area contributed by atoms with Gasteiger partial charge < -0.3 is 5.11 Å². The minimum absolute atomic E-state index is 0.127. The molecule has 1 N–H and O–H groups in total. The van der Waals surface area contributed by atoms with Gasteiger partial charge in [-0.1, -0.05) is 6.07 Å². The fourth-order valence-electron chi connectivity index (χ4n) is 3.17. The molecule has 1 aromatic rings. The molecule has 0 saturated heterocycles. The molecule has 2 aliphatic rings. The molecule has 1 fully saturated rings. The number of fused-ring (bicyclic) bond motifs is 1. The summed E-state index contributed by atoms with van der Waals surface area (Å²) < 4.78 is 0. The van der Waals surface area contributed by atoms with E-state index < -0.39 is 5.97 Å². The number of rotatable bonds is 2. The standard InChI is InChI=1S/C13H15NO2/c15-13(16)11-6-5-9(11)10-4-3-8-2-1-7-14-12(8)10/h1-2,7,9-11H,3-6H2,(H,15,16). The molecule has 1 heterocycles. The van der Waals surface area contributed by atoms with E-state index in [9.17, 15) is 4.79 Å². The normalized spacial score (nSPS) is 31.9. The molecule has 1 saturated carbocycles. The average molecular weight is 217 g/mol.